The van der Waals surface area contributed by atoms with Crippen LogP contribution < -0.4 is 5.48 Å². The maximum absolute atomic E-state index is 13.1. The van der Waals surface area contributed by atoms with Gasteiger partial charge in [0.15, 0.2) is 0 Å². The van der Waals surface area contributed by atoms with Crippen molar-refractivity contribution in [3.8, 4) is 0 Å². The van der Waals surface area contributed by atoms with Crippen LogP contribution in [0.4, 0.5) is 0 Å². The molecule has 2 N–H and O–H groups in total. The van der Waals surface area contributed by atoms with Crippen LogP contribution in [0.2, 0.25) is 0 Å². The minimum atomic E-state index is -3.20. The lowest BCUT2D eigenvalue weighted by molar-refractivity contribution is 0.0706. The summed E-state index contributed by atoms with van der Waals surface area (Å²) in [5, 5.41) is 8.68. The molecule has 148 valence electrons. The van der Waals surface area contributed by atoms with Gasteiger partial charge in [-0.1, -0.05) is 25.3 Å². The van der Waals surface area contributed by atoms with E-state index in [4.69, 9.17) is 5.21 Å². The van der Waals surface area contributed by atoms with Crippen LogP contribution >= 0.6 is 0 Å². The Hall–Kier alpha value is -1.44. The van der Waals surface area contributed by atoms with Crippen LogP contribution in [-0.4, -0.2) is 42.2 Å². The van der Waals surface area contributed by atoms with Gasteiger partial charge in [-0.2, -0.15) is 0 Å². The number of rotatable bonds is 3. The summed E-state index contributed by atoms with van der Waals surface area (Å²) in [5.74, 6) is -0.509. The van der Waals surface area contributed by atoms with E-state index in [-0.39, 0.29) is 10.7 Å². The summed E-state index contributed by atoms with van der Waals surface area (Å²) in [4.78, 5) is 11.7. The molecule has 0 aromatic heterocycles. The number of benzene rings is 1. The zero-order valence-electron chi connectivity index (χ0n) is 15.6. The molecule has 2 fully saturated rings. The summed E-state index contributed by atoms with van der Waals surface area (Å²) in [6.07, 6.45) is 8.37. The normalized spacial score (nSPS) is 26.9. The Morgan fingerprint density at radius 1 is 1.15 bits per heavy atom. The van der Waals surface area contributed by atoms with E-state index in [1.807, 2.05) is 12.1 Å². The number of nitrogens with zero attached hydrogens (tertiary/aromatic N) is 1. The number of nitrogens with one attached hydrogen (secondary N) is 1. The minimum Gasteiger partial charge on any atom is -0.288 e. The van der Waals surface area contributed by atoms with Gasteiger partial charge in [0, 0.05) is 18.7 Å². The number of fused-ring (bicyclic) bond motifs is 1. The average molecular weight is 393 g/mol. The topological polar surface area (TPSA) is 86.7 Å². The van der Waals surface area contributed by atoms with Crippen molar-refractivity contribution >= 4 is 15.9 Å². The average Bonchev–Trinajstić information content (AvgIpc) is 3.11. The molecule has 0 radical (unpaired) electrons. The number of carbonyl (C=O) groups excluding carboxylic acids is 1. The maximum Gasteiger partial charge on any atom is 0.274 e. The third-order valence-corrected chi connectivity index (χ3v) is 9.14. The van der Waals surface area contributed by atoms with Crippen LogP contribution in [0.3, 0.4) is 0 Å². The van der Waals surface area contributed by atoms with E-state index in [9.17, 15) is 13.2 Å². The molecule has 1 atom stereocenters. The Kier molecular flexibility index (Phi) is 5.03. The predicted octanol–water partition coefficient (Wildman–Crippen LogP) is 2.65. The maximum atomic E-state index is 13.1. The number of carbonyl (C=O) groups is 1. The van der Waals surface area contributed by atoms with Crippen molar-refractivity contribution in [2.75, 3.05) is 13.1 Å². The zero-order chi connectivity index (χ0) is 19.1. The van der Waals surface area contributed by atoms with Crippen molar-refractivity contribution in [2.24, 2.45) is 5.41 Å². The fourth-order valence-electron chi connectivity index (χ4n) is 5.17. The second-order valence-corrected chi connectivity index (χ2v) is 10.7. The Bertz CT molecular complexity index is 832. The third kappa shape index (κ3) is 3.52. The molecular formula is C20H28N2O4S. The fraction of sp³-hybridized carbons (Fsp3) is 0.650. The first-order chi connectivity index (χ1) is 12.9. The van der Waals surface area contributed by atoms with Gasteiger partial charge in [-0.3, -0.25) is 10.0 Å². The highest BCUT2D eigenvalue weighted by Crippen LogP contribution is 2.44. The molecule has 1 aromatic carbocycles. The number of sulfonamides is 1. The Labute approximate surface area is 161 Å². The van der Waals surface area contributed by atoms with E-state index in [0.29, 0.717) is 18.7 Å². The zero-order valence-corrected chi connectivity index (χ0v) is 16.4. The Balaban J connectivity index is 1.52. The molecule has 2 aliphatic carbocycles. The van der Waals surface area contributed by atoms with E-state index >= 15 is 0 Å². The van der Waals surface area contributed by atoms with Crippen molar-refractivity contribution in [2.45, 2.75) is 63.0 Å². The summed E-state index contributed by atoms with van der Waals surface area (Å²) in [5.41, 5.74) is 4.44. The number of hydrogen-bond donors (Lipinski definition) is 2. The summed E-state index contributed by atoms with van der Waals surface area (Å²) in [6.45, 7) is 1.21. The molecule has 1 aliphatic heterocycles. The molecule has 27 heavy (non-hydrogen) atoms. The van der Waals surface area contributed by atoms with E-state index in [0.717, 1.165) is 63.4 Å². The quantitative estimate of drug-likeness (QED) is 0.612. The lowest BCUT2D eigenvalue weighted by Crippen LogP contribution is -2.40. The number of hydroxylamine groups is 1. The lowest BCUT2D eigenvalue weighted by atomic mass is 9.71. The van der Waals surface area contributed by atoms with Gasteiger partial charge in [0.25, 0.3) is 5.91 Å². The van der Waals surface area contributed by atoms with Crippen molar-refractivity contribution in [1.82, 2.24) is 9.79 Å². The standard InChI is InChI=1S/C20H28N2O4S/c23-19(21-24)16-7-6-15-8-9-20(13-17(15)12-16)10-11-22(14-20)27(25,26)18-4-2-1-3-5-18/h6-7,12,18,24H,1-5,8-11,13-14H2,(H,21,23). The SMILES string of the molecule is O=C(NO)c1ccc2c(c1)CC1(CC2)CCN(S(=O)(=O)C2CCCCC2)C1. The first-order valence-corrected chi connectivity index (χ1v) is 11.5. The molecule has 1 amide bonds. The van der Waals surface area contributed by atoms with Crippen LogP contribution in [0.15, 0.2) is 18.2 Å². The first-order valence-electron chi connectivity index (χ1n) is 9.99. The van der Waals surface area contributed by atoms with Gasteiger partial charge >= 0.3 is 0 Å². The molecule has 1 heterocycles. The van der Waals surface area contributed by atoms with Gasteiger partial charge in [-0.15, -0.1) is 0 Å². The van der Waals surface area contributed by atoms with Gasteiger partial charge < -0.3 is 0 Å². The largest absolute Gasteiger partial charge is 0.288 e. The van der Waals surface area contributed by atoms with E-state index in [1.165, 1.54) is 5.56 Å². The van der Waals surface area contributed by atoms with Gasteiger partial charge in [-0.05, 0) is 67.2 Å². The molecule has 0 bridgehead atoms. The predicted molar refractivity (Wildman–Crippen MR) is 102 cm³/mol. The molecule has 1 saturated carbocycles. The van der Waals surface area contributed by atoms with E-state index in [1.54, 1.807) is 15.9 Å². The summed E-state index contributed by atoms with van der Waals surface area (Å²) in [6, 6.07) is 5.54. The summed E-state index contributed by atoms with van der Waals surface area (Å²) < 4.78 is 27.9. The van der Waals surface area contributed by atoms with Gasteiger partial charge in [0.2, 0.25) is 10.0 Å². The molecule has 1 saturated heterocycles. The highest BCUT2D eigenvalue weighted by atomic mass is 32.2. The molecule has 6 nitrogen and oxygen atoms in total. The molecule has 7 heteroatoms. The van der Waals surface area contributed by atoms with E-state index in [2.05, 4.69) is 0 Å². The second-order valence-electron chi connectivity index (χ2n) is 8.49. The summed E-state index contributed by atoms with van der Waals surface area (Å²) in [7, 11) is -3.20. The van der Waals surface area contributed by atoms with Crippen LogP contribution in [0.1, 0.15) is 66.4 Å². The Morgan fingerprint density at radius 2 is 1.93 bits per heavy atom. The van der Waals surface area contributed by atoms with Crippen molar-refractivity contribution in [3.63, 3.8) is 0 Å². The third-order valence-electron chi connectivity index (χ3n) is 6.80. The molecule has 3 aliphatic rings. The van der Waals surface area contributed by atoms with E-state index < -0.39 is 15.9 Å². The second kappa shape index (κ2) is 7.18. The first kappa shape index (κ1) is 18.9. The number of hydrogen-bond acceptors (Lipinski definition) is 4. The smallest absolute Gasteiger partial charge is 0.274 e. The van der Waals surface area contributed by atoms with Gasteiger partial charge in [0.1, 0.15) is 0 Å². The number of aryl methyl sites for hydroxylation is 1. The molecule has 1 spiro atoms. The Morgan fingerprint density at radius 3 is 2.67 bits per heavy atom. The van der Waals surface area contributed by atoms with Gasteiger partial charge in [0.05, 0.1) is 5.25 Å². The van der Waals surface area contributed by atoms with Crippen LogP contribution in [-0.2, 0) is 22.9 Å². The fourth-order valence-corrected chi connectivity index (χ4v) is 7.32. The molecule has 4 rings (SSSR count). The molecule has 1 unspecified atom stereocenters. The monoisotopic (exact) mass is 392 g/mol. The minimum absolute atomic E-state index is 0.0248. The summed E-state index contributed by atoms with van der Waals surface area (Å²) >= 11 is 0. The van der Waals surface area contributed by atoms with Crippen molar-refractivity contribution < 1.29 is 18.4 Å². The van der Waals surface area contributed by atoms with Crippen LogP contribution in [0, 0.1) is 5.41 Å². The van der Waals surface area contributed by atoms with Gasteiger partial charge in [-0.25, -0.2) is 18.2 Å². The number of amides is 1. The highest BCUT2D eigenvalue weighted by Gasteiger charge is 2.46. The van der Waals surface area contributed by atoms with Crippen LogP contribution in [0.5, 0.6) is 0 Å². The van der Waals surface area contributed by atoms with Crippen LogP contribution in [0.25, 0.3) is 0 Å². The lowest BCUT2D eigenvalue weighted by Gasteiger charge is -2.35. The molecule has 1 aromatic rings. The highest BCUT2D eigenvalue weighted by molar-refractivity contribution is 7.89. The van der Waals surface area contributed by atoms with Crippen molar-refractivity contribution in [1.29, 1.82) is 0 Å². The molecular weight excluding hydrogens is 364 g/mol. The van der Waals surface area contributed by atoms with Crippen molar-refractivity contribution in [3.05, 3.63) is 34.9 Å².